The molecule has 1 aromatic heterocycles. The summed E-state index contributed by atoms with van der Waals surface area (Å²) in [5.74, 6) is -2.25. The lowest BCUT2D eigenvalue weighted by Crippen LogP contribution is -2.50. The standard InChI is InChI=1S/C24H28BN3O5S/c29-24(28-23(25(30)31)13-18-6-7-18)20(12-17-4-2-1-3-5-17)15-34(32,33)21-10-8-19(9-11-21)22-14-26-16-27-22/h1-5,8-11,14,16,18,20,23,30-31H,6-7,12-13,15H2,(H,26,27)(H,28,29)/t20-,23+/m1/s1. The zero-order chi connectivity index (χ0) is 24.1. The van der Waals surface area contributed by atoms with E-state index in [4.69, 9.17) is 0 Å². The number of sulfone groups is 1. The van der Waals surface area contributed by atoms with Gasteiger partial charge in [0.2, 0.25) is 5.91 Å². The molecule has 4 rings (SSSR count). The Morgan fingerprint density at radius 1 is 1.12 bits per heavy atom. The highest BCUT2D eigenvalue weighted by Gasteiger charge is 2.35. The Morgan fingerprint density at radius 3 is 2.41 bits per heavy atom. The first-order valence-corrected chi connectivity index (χ1v) is 13.0. The van der Waals surface area contributed by atoms with Gasteiger partial charge in [0, 0.05) is 0 Å². The average Bonchev–Trinajstić information content (AvgIpc) is 3.47. The fraction of sp³-hybridized carbons (Fsp3) is 0.333. The predicted octanol–water partition coefficient (Wildman–Crippen LogP) is 2.01. The van der Waals surface area contributed by atoms with Gasteiger partial charge >= 0.3 is 7.12 Å². The Kier molecular flexibility index (Phi) is 7.50. The monoisotopic (exact) mass is 481 g/mol. The van der Waals surface area contributed by atoms with Crippen LogP contribution >= 0.6 is 0 Å². The normalized spacial score (nSPS) is 15.5. The summed E-state index contributed by atoms with van der Waals surface area (Å²) >= 11 is 0. The van der Waals surface area contributed by atoms with Crippen molar-refractivity contribution < 1.29 is 23.3 Å². The molecule has 34 heavy (non-hydrogen) atoms. The third-order valence-corrected chi connectivity index (χ3v) is 7.94. The van der Waals surface area contributed by atoms with E-state index in [0.717, 1.165) is 29.7 Å². The molecule has 1 saturated carbocycles. The van der Waals surface area contributed by atoms with Crippen LogP contribution in [0.5, 0.6) is 0 Å². The second-order valence-corrected chi connectivity index (χ2v) is 10.9. The molecule has 0 radical (unpaired) electrons. The lowest BCUT2D eigenvalue weighted by molar-refractivity contribution is -0.124. The summed E-state index contributed by atoms with van der Waals surface area (Å²) in [5, 5.41) is 22.2. The first-order chi connectivity index (χ1) is 16.3. The predicted molar refractivity (Wildman–Crippen MR) is 129 cm³/mol. The second-order valence-electron chi connectivity index (χ2n) is 8.87. The summed E-state index contributed by atoms with van der Waals surface area (Å²) in [4.78, 5) is 20.2. The maximum atomic E-state index is 13.2. The molecule has 0 saturated heterocycles. The Bertz CT molecular complexity index is 1180. The number of benzene rings is 2. The van der Waals surface area contributed by atoms with Crippen molar-refractivity contribution in [1.82, 2.24) is 15.3 Å². The van der Waals surface area contributed by atoms with Crippen LogP contribution in [-0.2, 0) is 21.1 Å². The number of imidazole rings is 1. The molecule has 3 aromatic rings. The highest BCUT2D eigenvalue weighted by molar-refractivity contribution is 7.91. The van der Waals surface area contributed by atoms with E-state index in [2.05, 4.69) is 15.3 Å². The zero-order valence-corrected chi connectivity index (χ0v) is 19.5. The van der Waals surface area contributed by atoms with E-state index in [1.807, 2.05) is 30.3 Å². The third-order valence-electron chi connectivity index (χ3n) is 6.11. The van der Waals surface area contributed by atoms with Gasteiger partial charge in [-0.1, -0.05) is 55.3 Å². The van der Waals surface area contributed by atoms with Gasteiger partial charge in [-0.05, 0) is 42.0 Å². The highest BCUT2D eigenvalue weighted by atomic mass is 32.2. The number of hydrogen-bond donors (Lipinski definition) is 4. The molecule has 1 fully saturated rings. The van der Waals surface area contributed by atoms with Gasteiger partial charge in [0.25, 0.3) is 0 Å². The number of nitrogens with one attached hydrogen (secondary N) is 2. The molecule has 0 spiro atoms. The van der Waals surface area contributed by atoms with Crippen molar-refractivity contribution in [2.24, 2.45) is 11.8 Å². The largest absolute Gasteiger partial charge is 0.475 e. The number of carbonyl (C=O) groups is 1. The minimum Gasteiger partial charge on any atom is -0.426 e. The Hall–Kier alpha value is -2.95. The first kappa shape index (κ1) is 24.2. The van der Waals surface area contributed by atoms with E-state index in [9.17, 15) is 23.3 Å². The molecule has 178 valence electrons. The van der Waals surface area contributed by atoms with E-state index in [0.29, 0.717) is 12.3 Å². The first-order valence-electron chi connectivity index (χ1n) is 11.3. The SMILES string of the molecule is O=C(N[C@@H](CC1CC1)B(O)O)[C@H](Cc1ccccc1)CS(=O)(=O)c1ccc(-c2cnc[nH]2)cc1. The fourth-order valence-electron chi connectivity index (χ4n) is 4.01. The van der Waals surface area contributed by atoms with E-state index >= 15 is 0 Å². The Balaban J connectivity index is 1.53. The minimum atomic E-state index is -3.79. The summed E-state index contributed by atoms with van der Waals surface area (Å²) in [7, 11) is -5.49. The van der Waals surface area contributed by atoms with Gasteiger partial charge in [-0.15, -0.1) is 0 Å². The Labute approximate surface area is 199 Å². The minimum absolute atomic E-state index is 0.123. The van der Waals surface area contributed by atoms with Gasteiger partial charge in [0.15, 0.2) is 9.84 Å². The number of aromatic nitrogens is 2. The van der Waals surface area contributed by atoms with E-state index in [-0.39, 0.29) is 11.3 Å². The van der Waals surface area contributed by atoms with Gasteiger partial charge < -0.3 is 20.3 Å². The average molecular weight is 481 g/mol. The number of rotatable bonds is 11. The molecule has 8 nitrogen and oxygen atoms in total. The summed E-state index contributed by atoms with van der Waals surface area (Å²) in [6, 6.07) is 15.6. The summed E-state index contributed by atoms with van der Waals surface area (Å²) < 4.78 is 26.5. The molecule has 0 unspecified atom stereocenters. The zero-order valence-electron chi connectivity index (χ0n) is 18.7. The van der Waals surface area contributed by atoms with Crippen molar-refractivity contribution in [2.75, 3.05) is 5.75 Å². The number of carbonyl (C=O) groups excluding carboxylic acids is 1. The van der Waals surface area contributed by atoms with Crippen LogP contribution < -0.4 is 5.32 Å². The lowest BCUT2D eigenvalue weighted by Gasteiger charge is -2.22. The molecular formula is C24H28BN3O5S. The molecule has 1 aliphatic rings. The smallest absolute Gasteiger partial charge is 0.426 e. The van der Waals surface area contributed by atoms with Gasteiger partial charge in [-0.2, -0.15) is 0 Å². The number of amides is 1. The van der Waals surface area contributed by atoms with Crippen molar-refractivity contribution in [3.8, 4) is 11.3 Å². The van der Waals surface area contributed by atoms with Gasteiger partial charge in [0.1, 0.15) is 0 Å². The van der Waals surface area contributed by atoms with Crippen LogP contribution in [0, 0.1) is 11.8 Å². The summed E-state index contributed by atoms with van der Waals surface area (Å²) in [5.41, 5.74) is 2.40. The number of nitrogens with zero attached hydrogens (tertiary/aromatic N) is 1. The van der Waals surface area contributed by atoms with Crippen LogP contribution in [0.4, 0.5) is 0 Å². The van der Waals surface area contributed by atoms with Gasteiger partial charge in [-0.25, -0.2) is 13.4 Å². The van der Waals surface area contributed by atoms with Crippen LogP contribution in [0.1, 0.15) is 24.8 Å². The fourth-order valence-corrected chi connectivity index (χ4v) is 5.55. The molecule has 2 aromatic carbocycles. The van der Waals surface area contributed by atoms with Crippen molar-refractivity contribution >= 4 is 22.9 Å². The van der Waals surface area contributed by atoms with Crippen LogP contribution in [0.25, 0.3) is 11.3 Å². The molecule has 10 heteroatoms. The number of aromatic amines is 1. The van der Waals surface area contributed by atoms with E-state index < -0.39 is 40.5 Å². The molecular weight excluding hydrogens is 453 g/mol. The highest BCUT2D eigenvalue weighted by Crippen LogP contribution is 2.33. The molecule has 1 heterocycles. The van der Waals surface area contributed by atoms with Crippen LogP contribution in [0.15, 0.2) is 72.0 Å². The van der Waals surface area contributed by atoms with Crippen LogP contribution in [0.2, 0.25) is 0 Å². The molecule has 0 bridgehead atoms. The van der Waals surface area contributed by atoms with Crippen LogP contribution in [-0.4, -0.2) is 53.2 Å². The summed E-state index contributed by atoms with van der Waals surface area (Å²) in [6.07, 6.45) is 5.87. The van der Waals surface area contributed by atoms with Crippen molar-refractivity contribution in [3.63, 3.8) is 0 Å². The molecule has 1 amide bonds. The maximum absolute atomic E-state index is 13.2. The van der Waals surface area contributed by atoms with Crippen LogP contribution in [0.3, 0.4) is 0 Å². The van der Waals surface area contributed by atoms with Crippen molar-refractivity contribution in [2.45, 2.75) is 36.5 Å². The molecule has 1 aliphatic carbocycles. The van der Waals surface area contributed by atoms with E-state index in [1.54, 1.807) is 24.7 Å². The number of hydrogen-bond acceptors (Lipinski definition) is 6. The van der Waals surface area contributed by atoms with Crippen molar-refractivity contribution in [1.29, 1.82) is 0 Å². The maximum Gasteiger partial charge on any atom is 0.475 e. The molecule has 4 N–H and O–H groups in total. The second kappa shape index (κ2) is 10.5. The summed E-state index contributed by atoms with van der Waals surface area (Å²) in [6.45, 7) is 0. The molecule has 0 aliphatic heterocycles. The third kappa shape index (κ3) is 6.34. The molecule has 2 atom stereocenters. The topological polar surface area (TPSA) is 132 Å². The quantitative estimate of drug-likeness (QED) is 0.310. The van der Waals surface area contributed by atoms with Gasteiger partial charge in [-0.3, -0.25) is 4.79 Å². The van der Waals surface area contributed by atoms with Gasteiger partial charge in [0.05, 0.1) is 40.7 Å². The lowest BCUT2D eigenvalue weighted by atomic mass is 9.76. The van der Waals surface area contributed by atoms with Crippen molar-refractivity contribution in [3.05, 3.63) is 72.7 Å². The number of H-pyrrole nitrogens is 1. The van der Waals surface area contributed by atoms with E-state index in [1.165, 1.54) is 12.1 Å². The Morgan fingerprint density at radius 2 is 1.82 bits per heavy atom.